The molecule has 1 aromatic rings. The number of aromatic nitrogens is 2. The van der Waals surface area contributed by atoms with Crippen LogP contribution in [0, 0.1) is 0 Å². The van der Waals surface area contributed by atoms with E-state index < -0.39 is 36.8 Å². The molecule has 2 amide bonds. The van der Waals surface area contributed by atoms with Gasteiger partial charge in [-0.25, -0.2) is 5.48 Å². The molecule has 1 rings (SSSR count). The second kappa shape index (κ2) is 5.49. The number of alkyl halides is 3. The van der Waals surface area contributed by atoms with Crippen LogP contribution in [0.5, 0.6) is 0 Å². The van der Waals surface area contributed by atoms with Gasteiger partial charge >= 0.3 is 6.18 Å². The van der Waals surface area contributed by atoms with Gasteiger partial charge in [0, 0.05) is 6.20 Å². The van der Waals surface area contributed by atoms with Crippen LogP contribution >= 0.6 is 0 Å². The van der Waals surface area contributed by atoms with Crippen molar-refractivity contribution in [1.29, 1.82) is 0 Å². The summed E-state index contributed by atoms with van der Waals surface area (Å²) in [5.41, 5.74) is 5.45. The third-order valence-corrected chi connectivity index (χ3v) is 1.64. The van der Waals surface area contributed by atoms with Crippen molar-refractivity contribution in [2.24, 2.45) is 5.73 Å². The molecule has 18 heavy (non-hydrogen) atoms. The molecule has 0 atom stereocenters. The highest BCUT2D eigenvalue weighted by Crippen LogP contribution is 2.27. The Morgan fingerprint density at radius 3 is 2.67 bits per heavy atom. The van der Waals surface area contributed by atoms with Gasteiger partial charge in [-0.1, -0.05) is 0 Å². The van der Waals surface area contributed by atoms with E-state index in [0.717, 1.165) is 16.9 Å². The number of carbonyl (C=O) groups is 2. The Labute approximate surface area is 98.6 Å². The molecule has 1 heterocycles. The van der Waals surface area contributed by atoms with Crippen molar-refractivity contribution in [2.45, 2.75) is 12.7 Å². The van der Waals surface area contributed by atoms with Gasteiger partial charge < -0.3 is 5.73 Å². The van der Waals surface area contributed by atoms with Gasteiger partial charge in [0.1, 0.15) is 6.54 Å². The second-order valence-corrected chi connectivity index (χ2v) is 3.18. The topological polar surface area (TPSA) is 99.2 Å². The molecule has 0 fully saturated rings. The van der Waals surface area contributed by atoms with Gasteiger partial charge in [0.05, 0.1) is 0 Å². The molecule has 0 unspecified atom stereocenters. The lowest BCUT2D eigenvalue weighted by Crippen LogP contribution is -2.31. The summed E-state index contributed by atoms with van der Waals surface area (Å²) in [6.45, 7) is -1.01. The lowest BCUT2D eigenvalue weighted by Gasteiger charge is -2.04. The number of halogens is 3. The summed E-state index contributed by atoms with van der Waals surface area (Å²) >= 11 is 0. The summed E-state index contributed by atoms with van der Waals surface area (Å²) in [7, 11) is 0. The van der Waals surface area contributed by atoms with Gasteiger partial charge in [0.25, 0.3) is 5.91 Å². The fourth-order valence-electron chi connectivity index (χ4n) is 0.968. The smallest absolute Gasteiger partial charge is 0.368 e. The average Bonchev–Trinajstić information content (AvgIpc) is 2.64. The lowest BCUT2D eigenvalue weighted by atomic mass is 10.4. The van der Waals surface area contributed by atoms with Crippen molar-refractivity contribution in [1.82, 2.24) is 15.3 Å². The zero-order valence-corrected chi connectivity index (χ0v) is 8.90. The molecule has 0 aliphatic rings. The molecule has 0 aliphatic carbocycles. The van der Waals surface area contributed by atoms with Gasteiger partial charge in [-0.2, -0.15) is 18.3 Å². The molecule has 0 radical (unpaired) electrons. The van der Waals surface area contributed by atoms with Crippen molar-refractivity contribution in [3.8, 4) is 0 Å². The Kier molecular flexibility index (Phi) is 4.26. The number of amides is 2. The van der Waals surface area contributed by atoms with E-state index in [1.165, 1.54) is 0 Å². The fraction of sp³-hybridized carbons (Fsp3) is 0.375. The Balaban J connectivity index is 2.45. The minimum absolute atomic E-state index is 0.477. The maximum atomic E-state index is 12.2. The number of hydrogen-bond donors (Lipinski definition) is 2. The predicted molar refractivity (Wildman–Crippen MR) is 50.5 cm³/mol. The molecule has 0 aliphatic heterocycles. The van der Waals surface area contributed by atoms with Crippen LogP contribution < -0.4 is 11.2 Å². The summed E-state index contributed by atoms with van der Waals surface area (Å²) in [5.74, 6) is -1.57. The quantitative estimate of drug-likeness (QED) is 0.697. The van der Waals surface area contributed by atoms with Crippen LogP contribution in [-0.2, 0) is 27.1 Å². The van der Waals surface area contributed by atoms with Gasteiger partial charge in [0.2, 0.25) is 5.91 Å². The normalized spacial score (nSPS) is 11.3. The Bertz CT molecular complexity index is 443. The van der Waals surface area contributed by atoms with E-state index in [1.54, 1.807) is 0 Å². The van der Waals surface area contributed by atoms with E-state index in [2.05, 4.69) is 9.94 Å². The van der Waals surface area contributed by atoms with Crippen LogP contribution in [0.25, 0.3) is 0 Å². The molecule has 0 bridgehead atoms. The molecule has 0 spiro atoms. The Hall–Kier alpha value is -2.10. The first-order chi connectivity index (χ1) is 8.29. The van der Waals surface area contributed by atoms with Crippen molar-refractivity contribution in [2.75, 3.05) is 6.61 Å². The molecule has 1 aromatic heterocycles. The number of hydrogen-bond acceptors (Lipinski definition) is 4. The monoisotopic (exact) mass is 266 g/mol. The zero-order chi connectivity index (χ0) is 13.8. The molecular weight excluding hydrogens is 257 g/mol. The number of primary amides is 1. The number of hydroxylamine groups is 1. The highest BCUT2D eigenvalue weighted by atomic mass is 19.4. The van der Waals surface area contributed by atoms with Crippen molar-refractivity contribution in [3.63, 3.8) is 0 Å². The van der Waals surface area contributed by atoms with E-state index in [9.17, 15) is 22.8 Å². The largest absolute Gasteiger partial charge is 0.435 e. The SMILES string of the molecule is NC(=O)CONC(=O)Cn1ccc(C(F)(F)F)n1. The lowest BCUT2D eigenvalue weighted by molar-refractivity contribution is -0.143. The third-order valence-electron chi connectivity index (χ3n) is 1.64. The number of nitrogens with two attached hydrogens (primary N) is 1. The molecule has 0 aromatic carbocycles. The minimum Gasteiger partial charge on any atom is -0.368 e. The summed E-state index contributed by atoms with van der Waals surface area (Å²) < 4.78 is 37.3. The average molecular weight is 266 g/mol. The number of nitrogens with one attached hydrogen (secondary N) is 1. The molecule has 0 saturated carbocycles. The van der Waals surface area contributed by atoms with Gasteiger partial charge in [0.15, 0.2) is 12.3 Å². The highest BCUT2D eigenvalue weighted by molar-refractivity contribution is 5.76. The Morgan fingerprint density at radius 1 is 1.50 bits per heavy atom. The maximum Gasteiger partial charge on any atom is 0.435 e. The first-order valence-corrected chi connectivity index (χ1v) is 4.58. The predicted octanol–water partition coefficient (Wildman–Crippen LogP) is -0.565. The van der Waals surface area contributed by atoms with Crippen LogP contribution in [-0.4, -0.2) is 28.2 Å². The fourth-order valence-corrected chi connectivity index (χ4v) is 0.968. The molecule has 7 nitrogen and oxygen atoms in total. The second-order valence-electron chi connectivity index (χ2n) is 3.18. The van der Waals surface area contributed by atoms with E-state index in [-0.39, 0.29) is 0 Å². The minimum atomic E-state index is -4.57. The molecule has 3 N–H and O–H groups in total. The standard InChI is InChI=1S/C8H9F3N4O3/c9-8(10,11)5-1-2-15(13-5)3-7(17)14-18-4-6(12)16/h1-2H,3-4H2,(H2,12,16)(H,14,17). The molecular formula is C8H9F3N4O3. The van der Waals surface area contributed by atoms with Crippen molar-refractivity contribution in [3.05, 3.63) is 18.0 Å². The van der Waals surface area contributed by atoms with Gasteiger partial charge in [-0.15, -0.1) is 0 Å². The first-order valence-electron chi connectivity index (χ1n) is 4.58. The maximum absolute atomic E-state index is 12.2. The molecule has 10 heteroatoms. The van der Waals surface area contributed by atoms with E-state index in [1.807, 2.05) is 5.48 Å². The zero-order valence-electron chi connectivity index (χ0n) is 8.90. The van der Waals surface area contributed by atoms with Crippen LogP contribution in [0.4, 0.5) is 13.2 Å². The summed E-state index contributed by atoms with van der Waals surface area (Å²) in [4.78, 5) is 25.7. The number of rotatable bonds is 5. The van der Waals surface area contributed by atoms with Crippen LogP contribution in [0.2, 0.25) is 0 Å². The van der Waals surface area contributed by atoms with Crippen molar-refractivity contribution >= 4 is 11.8 Å². The number of nitrogens with zero attached hydrogens (tertiary/aromatic N) is 2. The van der Waals surface area contributed by atoms with Crippen LogP contribution in [0.3, 0.4) is 0 Å². The van der Waals surface area contributed by atoms with Crippen LogP contribution in [0.1, 0.15) is 5.69 Å². The summed E-state index contributed by atoms with van der Waals surface area (Å²) in [6.07, 6.45) is -3.57. The van der Waals surface area contributed by atoms with Gasteiger partial charge in [-0.05, 0) is 6.07 Å². The number of carbonyl (C=O) groups excluding carboxylic acids is 2. The van der Waals surface area contributed by atoms with Crippen molar-refractivity contribution < 1.29 is 27.6 Å². The van der Waals surface area contributed by atoms with Gasteiger partial charge in [-0.3, -0.25) is 19.1 Å². The molecule has 100 valence electrons. The molecule has 0 saturated heterocycles. The van der Waals surface area contributed by atoms with Crippen LogP contribution in [0.15, 0.2) is 12.3 Å². The summed E-state index contributed by atoms with van der Waals surface area (Å²) in [5, 5.41) is 3.15. The summed E-state index contributed by atoms with van der Waals surface area (Å²) in [6, 6.07) is 0.734. The van der Waals surface area contributed by atoms with E-state index in [4.69, 9.17) is 5.73 Å². The highest BCUT2D eigenvalue weighted by Gasteiger charge is 2.33. The first kappa shape index (κ1) is 14.0. The van der Waals surface area contributed by atoms with E-state index in [0.29, 0.717) is 0 Å². The van der Waals surface area contributed by atoms with E-state index >= 15 is 0 Å². The Morgan fingerprint density at radius 2 is 2.17 bits per heavy atom. The third kappa shape index (κ3) is 4.41.